The number of anilines is 9. The maximum Gasteiger partial charge on any atom is 0.264 e. The van der Waals surface area contributed by atoms with Crippen molar-refractivity contribution in [1.82, 2.24) is 0 Å². The second-order valence-electron chi connectivity index (χ2n) is 20.9. The minimum absolute atomic E-state index is 0.0365. The van der Waals surface area contributed by atoms with Crippen LogP contribution in [0.25, 0.3) is 10.1 Å². The first-order valence-corrected chi connectivity index (χ1v) is 23.4. The first-order valence-electron chi connectivity index (χ1n) is 22.5. The van der Waals surface area contributed by atoms with Gasteiger partial charge in [-0.25, -0.2) is 0 Å². The molecule has 5 heteroatoms. The third-order valence-electron chi connectivity index (χ3n) is 13.2. The molecule has 1 aromatic heterocycles. The van der Waals surface area contributed by atoms with Gasteiger partial charge in [0.1, 0.15) is 0 Å². The molecule has 10 rings (SSSR count). The molecule has 0 radical (unpaired) electrons. The predicted octanol–water partition coefficient (Wildman–Crippen LogP) is 15.0. The molecule has 2 aliphatic rings. The van der Waals surface area contributed by atoms with Crippen LogP contribution in [0.2, 0.25) is 0 Å². The molecule has 0 unspecified atom stereocenters. The highest BCUT2D eigenvalue weighted by Gasteiger charge is 2.46. The van der Waals surface area contributed by atoms with Crippen molar-refractivity contribution >= 4 is 95.0 Å². The number of hydrogen-bond donors (Lipinski definition) is 0. The number of hydrogen-bond acceptors (Lipinski definition) is 4. The molecule has 0 aliphatic carbocycles. The van der Waals surface area contributed by atoms with Gasteiger partial charge in [0.15, 0.2) is 0 Å². The first kappa shape index (κ1) is 41.0. The van der Waals surface area contributed by atoms with Crippen molar-refractivity contribution in [2.24, 2.45) is 0 Å². The summed E-state index contributed by atoms with van der Waals surface area (Å²) in [6.45, 7) is 25.2. The molecule has 314 valence electrons. The fourth-order valence-electron chi connectivity index (χ4n) is 9.59. The lowest BCUT2D eigenvalue weighted by Gasteiger charge is -2.44. The van der Waals surface area contributed by atoms with Crippen LogP contribution >= 0.6 is 11.3 Å². The topological polar surface area (TPSA) is 9.72 Å². The Labute approximate surface area is 379 Å². The lowest BCUT2D eigenvalue weighted by atomic mass is 9.36. The Morgan fingerprint density at radius 1 is 0.460 bits per heavy atom. The van der Waals surface area contributed by atoms with E-state index >= 15 is 0 Å². The second kappa shape index (κ2) is 14.8. The molecule has 0 saturated heterocycles. The Bertz CT molecular complexity index is 2960. The van der Waals surface area contributed by atoms with Gasteiger partial charge in [-0.15, -0.1) is 11.3 Å². The highest BCUT2D eigenvalue weighted by Crippen LogP contribution is 2.50. The Balaban J connectivity index is 1.27. The largest absolute Gasteiger partial charge is 0.311 e. The number of aryl methyl sites for hydroxylation is 2. The number of fused-ring (bicyclic) bond motifs is 6. The van der Waals surface area contributed by atoms with Crippen LogP contribution in [-0.2, 0) is 16.2 Å². The minimum Gasteiger partial charge on any atom is -0.311 e. The van der Waals surface area contributed by atoms with E-state index in [9.17, 15) is 0 Å². The second-order valence-corrected chi connectivity index (χ2v) is 22.0. The van der Waals surface area contributed by atoms with Crippen molar-refractivity contribution in [3.05, 3.63) is 179 Å². The van der Waals surface area contributed by atoms with E-state index < -0.39 is 0 Å². The number of nitrogens with zero attached hydrogens (tertiary/aromatic N) is 3. The van der Waals surface area contributed by atoms with Gasteiger partial charge in [0, 0.05) is 60.4 Å². The van der Waals surface area contributed by atoms with Crippen molar-refractivity contribution < 1.29 is 0 Å². The standard InChI is InChI=1S/C58H58BN3S/c1-37-16-24-44(25-17-37)61-49-36-46(60(42-28-20-39(21-29-42)56(3,4)5)43-30-22-40(23-31-43)57(6,7)8)32-33-48(49)59-53-50(61)34-41(58(9,10)11)35-51(53)62(45-26-18-38(2)19-27-45)54-47-14-12-13-15-52(47)63-55(54)59/h12-36H,1-11H3. The average molecular weight is 840 g/mol. The number of thiophene rings is 1. The average Bonchev–Trinajstić information content (AvgIpc) is 3.63. The van der Waals surface area contributed by atoms with Crippen LogP contribution < -0.4 is 30.4 Å². The van der Waals surface area contributed by atoms with Crippen molar-refractivity contribution in [2.45, 2.75) is 92.4 Å². The first-order chi connectivity index (χ1) is 30.0. The zero-order valence-electron chi connectivity index (χ0n) is 38.8. The van der Waals surface area contributed by atoms with Crippen LogP contribution in [0.5, 0.6) is 0 Å². The molecule has 0 amide bonds. The summed E-state index contributed by atoms with van der Waals surface area (Å²) in [6.07, 6.45) is 0. The summed E-state index contributed by atoms with van der Waals surface area (Å²) in [7, 11) is 0. The molecular formula is C58H58BN3S. The van der Waals surface area contributed by atoms with Crippen molar-refractivity contribution in [3.8, 4) is 0 Å². The Hall–Kier alpha value is -6.04. The summed E-state index contributed by atoms with van der Waals surface area (Å²) in [5.74, 6) is 0. The smallest absolute Gasteiger partial charge is 0.264 e. The SMILES string of the molecule is Cc1ccc(N2c3cc(N(c4ccc(C(C)(C)C)cc4)c4ccc(C(C)(C)C)cc4)ccc3B3c4sc5ccccc5c4N(c4ccc(C)cc4)c4cc(C(C)(C)C)cc2c43)cc1. The predicted molar refractivity (Wildman–Crippen MR) is 276 cm³/mol. The summed E-state index contributed by atoms with van der Waals surface area (Å²) in [4.78, 5) is 7.59. The molecule has 7 aromatic carbocycles. The van der Waals surface area contributed by atoms with Gasteiger partial charge >= 0.3 is 0 Å². The van der Waals surface area contributed by atoms with Gasteiger partial charge in [0.2, 0.25) is 0 Å². The van der Waals surface area contributed by atoms with Gasteiger partial charge < -0.3 is 14.7 Å². The van der Waals surface area contributed by atoms with E-state index in [1.54, 1.807) is 0 Å². The van der Waals surface area contributed by atoms with E-state index in [2.05, 4.69) is 243 Å². The molecule has 0 fully saturated rings. The minimum atomic E-state index is -0.104. The van der Waals surface area contributed by atoms with Gasteiger partial charge in [-0.1, -0.05) is 146 Å². The van der Waals surface area contributed by atoms with E-state index in [0.717, 1.165) is 22.7 Å². The van der Waals surface area contributed by atoms with Crippen molar-refractivity contribution in [2.75, 3.05) is 14.7 Å². The van der Waals surface area contributed by atoms with E-state index in [1.807, 2.05) is 11.3 Å². The maximum absolute atomic E-state index is 2.58. The number of benzene rings is 7. The van der Waals surface area contributed by atoms with E-state index in [1.165, 1.54) is 82.0 Å². The van der Waals surface area contributed by atoms with Crippen LogP contribution in [0.3, 0.4) is 0 Å². The van der Waals surface area contributed by atoms with E-state index in [-0.39, 0.29) is 23.0 Å². The number of rotatable bonds is 5. The van der Waals surface area contributed by atoms with E-state index in [0.29, 0.717) is 0 Å². The van der Waals surface area contributed by atoms with Crippen LogP contribution in [-0.4, -0.2) is 6.71 Å². The summed E-state index contributed by atoms with van der Waals surface area (Å²) >= 11 is 1.95. The fourth-order valence-corrected chi connectivity index (χ4v) is 10.9. The normalized spacial score (nSPS) is 13.5. The molecule has 0 atom stereocenters. The van der Waals surface area contributed by atoms with Crippen molar-refractivity contribution in [3.63, 3.8) is 0 Å². The van der Waals surface area contributed by atoms with E-state index in [4.69, 9.17) is 0 Å². The molecule has 3 heterocycles. The summed E-state index contributed by atoms with van der Waals surface area (Å²) in [5, 5.41) is 1.30. The molecule has 8 aromatic rings. The van der Waals surface area contributed by atoms with Gasteiger partial charge in [0.05, 0.1) is 5.69 Å². The third kappa shape index (κ3) is 7.06. The lowest BCUT2D eigenvalue weighted by Crippen LogP contribution is -2.60. The molecule has 0 saturated carbocycles. The third-order valence-corrected chi connectivity index (χ3v) is 14.5. The zero-order chi connectivity index (χ0) is 44.2. The van der Waals surface area contributed by atoms with Crippen LogP contribution in [0, 0.1) is 13.8 Å². The molecule has 3 nitrogen and oxygen atoms in total. The summed E-state index contributed by atoms with van der Waals surface area (Å²) in [5.41, 5.74) is 19.9. The van der Waals surface area contributed by atoms with Crippen LogP contribution in [0.1, 0.15) is 90.1 Å². The lowest BCUT2D eigenvalue weighted by molar-refractivity contribution is 0.590. The van der Waals surface area contributed by atoms with Gasteiger partial charge in [0.25, 0.3) is 6.71 Å². The zero-order valence-corrected chi connectivity index (χ0v) is 39.6. The molecular weight excluding hydrogens is 782 g/mol. The van der Waals surface area contributed by atoms with Crippen LogP contribution in [0.4, 0.5) is 51.2 Å². The monoisotopic (exact) mass is 839 g/mol. The summed E-state index contributed by atoms with van der Waals surface area (Å²) in [6, 6.07) is 58.0. The van der Waals surface area contributed by atoms with Gasteiger partial charge in [-0.3, -0.25) is 0 Å². The Kier molecular flexibility index (Phi) is 9.62. The Morgan fingerprint density at radius 2 is 0.937 bits per heavy atom. The van der Waals surface area contributed by atoms with Crippen molar-refractivity contribution in [1.29, 1.82) is 0 Å². The molecule has 0 spiro atoms. The van der Waals surface area contributed by atoms with Gasteiger partial charge in [-0.05, 0) is 137 Å². The highest BCUT2D eigenvalue weighted by atomic mass is 32.1. The molecule has 63 heavy (non-hydrogen) atoms. The highest BCUT2D eigenvalue weighted by molar-refractivity contribution is 7.33. The fraction of sp³-hybridized carbons (Fsp3) is 0.241. The quantitative estimate of drug-likeness (QED) is 0.160. The van der Waals surface area contributed by atoms with Crippen LogP contribution in [0.15, 0.2) is 152 Å². The van der Waals surface area contributed by atoms with Gasteiger partial charge in [-0.2, -0.15) is 0 Å². The molecule has 2 aliphatic heterocycles. The molecule has 0 bridgehead atoms. The Morgan fingerprint density at radius 3 is 1.46 bits per heavy atom. The molecule has 0 N–H and O–H groups in total. The summed E-state index contributed by atoms with van der Waals surface area (Å²) < 4.78 is 2.70. The maximum atomic E-state index is 2.58.